The fraction of sp³-hybridized carbons (Fsp3) is 0.750. The third-order valence-corrected chi connectivity index (χ3v) is 6.64. The van der Waals surface area contributed by atoms with Gasteiger partial charge in [-0.05, 0) is 6.92 Å². The normalized spacial score (nSPS) is 33.1. The first-order chi connectivity index (χ1) is 16.3. The Labute approximate surface area is 195 Å². The fourth-order valence-electron chi connectivity index (χ4n) is 5.11. The minimum absolute atomic E-state index is 0.139. The van der Waals surface area contributed by atoms with Crippen LogP contribution < -0.4 is 21.7 Å². The number of piperazine rings is 1. The summed E-state index contributed by atoms with van der Waals surface area (Å²) in [5, 5.41) is 10.2. The maximum absolute atomic E-state index is 13.8. The molecule has 5 heterocycles. The number of alkyl halides is 3. The van der Waals surface area contributed by atoms with E-state index in [9.17, 15) is 13.2 Å². The van der Waals surface area contributed by atoms with Gasteiger partial charge in [-0.2, -0.15) is 13.2 Å². The molecule has 1 aromatic rings. The number of morpholine rings is 1. The van der Waals surface area contributed by atoms with Crippen LogP contribution in [-0.2, 0) is 4.74 Å². The first kappa shape index (κ1) is 23.5. The van der Waals surface area contributed by atoms with E-state index in [1.54, 1.807) is 12.4 Å². The number of hydrogen-bond acceptors (Lipinski definition) is 11. The molecule has 0 saturated carbocycles. The van der Waals surface area contributed by atoms with Crippen molar-refractivity contribution in [2.45, 2.75) is 43.7 Å². The highest BCUT2D eigenvalue weighted by Gasteiger charge is 2.51. The third kappa shape index (κ3) is 4.91. The van der Waals surface area contributed by atoms with Crippen LogP contribution in [0.25, 0.3) is 0 Å². The summed E-state index contributed by atoms with van der Waals surface area (Å²) < 4.78 is 46.8. The van der Waals surface area contributed by atoms with Crippen LogP contribution in [0.15, 0.2) is 17.4 Å². The van der Waals surface area contributed by atoms with Gasteiger partial charge in [-0.1, -0.05) is 0 Å². The van der Waals surface area contributed by atoms with Crippen LogP contribution in [0.4, 0.5) is 19.1 Å². The van der Waals surface area contributed by atoms with Gasteiger partial charge in [0.2, 0.25) is 5.95 Å². The van der Waals surface area contributed by atoms with Crippen molar-refractivity contribution < 1.29 is 17.9 Å². The second kappa shape index (κ2) is 9.41. The van der Waals surface area contributed by atoms with Crippen molar-refractivity contribution in [3.8, 4) is 0 Å². The quantitative estimate of drug-likeness (QED) is 0.431. The molecule has 0 spiro atoms. The Morgan fingerprint density at radius 1 is 1.12 bits per heavy atom. The molecule has 5 N–H and O–H groups in total. The standard InChI is InChI=1S/C20H31F3N10O/c1-12-10-32(3-2-25-12)19-28-14-16(31-4-6-34-7-5-31)29-15(13-8-26-18(24)27-9-13)30-17(14)33(19)11-20(21,22)23/h8-9,12,14-17,25,29-30H,2-7,10-11H2,1H3,(H2,24,26,27)/t12-,14?,15?,16?,17?/m1/s1. The van der Waals surface area contributed by atoms with Crippen molar-refractivity contribution in [1.29, 1.82) is 0 Å². The molecule has 0 radical (unpaired) electrons. The molecule has 3 saturated heterocycles. The van der Waals surface area contributed by atoms with Gasteiger partial charge in [0.25, 0.3) is 0 Å². The van der Waals surface area contributed by atoms with Crippen molar-refractivity contribution in [2.24, 2.45) is 4.99 Å². The number of rotatable bonds is 3. The van der Waals surface area contributed by atoms with Gasteiger partial charge in [0.1, 0.15) is 18.8 Å². The molecule has 0 aliphatic carbocycles. The Balaban J connectivity index is 1.49. The van der Waals surface area contributed by atoms with E-state index in [1.807, 2.05) is 11.8 Å². The fourth-order valence-corrected chi connectivity index (χ4v) is 5.11. The number of halogens is 3. The topological polar surface area (TPSA) is 119 Å². The summed E-state index contributed by atoms with van der Waals surface area (Å²) in [6, 6.07) is -0.279. The number of aliphatic imine (C=N–C) groups is 1. The first-order valence-electron chi connectivity index (χ1n) is 11.6. The Bertz CT molecular complexity index is 878. The van der Waals surface area contributed by atoms with E-state index in [0.717, 1.165) is 0 Å². The van der Waals surface area contributed by atoms with Crippen LogP contribution >= 0.6 is 0 Å². The number of guanidine groups is 1. The summed E-state index contributed by atoms with van der Waals surface area (Å²) in [4.78, 5) is 18.6. The predicted octanol–water partition coefficient (Wildman–Crippen LogP) is -0.869. The number of ether oxygens (including phenoxy) is 1. The highest BCUT2D eigenvalue weighted by Crippen LogP contribution is 2.32. The summed E-state index contributed by atoms with van der Waals surface area (Å²) in [5.74, 6) is 0.530. The number of nitrogen functional groups attached to an aromatic ring is 1. The van der Waals surface area contributed by atoms with Gasteiger partial charge in [-0.25, -0.2) is 15.0 Å². The lowest BCUT2D eigenvalue weighted by Gasteiger charge is -2.47. The third-order valence-electron chi connectivity index (χ3n) is 6.64. The van der Waals surface area contributed by atoms with Gasteiger partial charge in [0.15, 0.2) is 5.96 Å². The molecule has 0 amide bonds. The number of nitrogens with one attached hydrogen (secondary N) is 3. The average molecular weight is 485 g/mol. The predicted molar refractivity (Wildman–Crippen MR) is 118 cm³/mol. The highest BCUT2D eigenvalue weighted by atomic mass is 19.4. The molecule has 4 aliphatic rings. The molecule has 14 heteroatoms. The number of anilines is 1. The zero-order chi connectivity index (χ0) is 23.9. The lowest BCUT2D eigenvalue weighted by Crippen LogP contribution is -2.70. The number of aromatic nitrogens is 2. The Hall–Kier alpha value is -2.26. The van der Waals surface area contributed by atoms with Crippen molar-refractivity contribution >= 4 is 11.9 Å². The second-order valence-electron chi connectivity index (χ2n) is 9.14. The summed E-state index contributed by atoms with van der Waals surface area (Å²) in [6.45, 7) is 5.29. The van der Waals surface area contributed by atoms with Gasteiger partial charge in [0.05, 0.1) is 25.5 Å². The van der Waals surface area contributed by atoms with Crippen LogP contribution in [0.5, 0.6) is 0 Å². The second-order valence-corrected chi connectivity index (χ2v) is 9.14. The Kier molecular flexibility index (Phi) is 6.50. The maximum Gasteiger partial charge on any atom is 0.406 e. The summed E-state index contributed by atoms with van der Waals surface area (Å²) in [7, 11) is 0. The van der Waals surface area contributed by atoms with Crippen LogP contribution in [0.3, 0.4) is 0 Å². The zero-order valence-corrected chi connectivity index (χ0v) is 19.0. The zero-order valence-electron chi connectivity index (χ0n) is 19.0. The summed E-state index contributed by atoms with van der Waals surface area (Å²) in [6.07, 6.45) is -2.61. The molecular formula is C20H31F3N10O. The van der Waals surface area contributed by atoms with Crippen molar-refractivity contribution in [1.82, 2.24) is 40.6 Å². The first-order valence-corrected chi connectivity index (χ1v) is 11.6. The van der Waals surface area contributed by atoms with E-state index < -0.39 is 31.1 Å². The monoisotopic (exact) mass is 484 g/mol. The lowest BCUT2D eigenvalue weighted by molar-refractivity contribution is -0.145. The molecule has 4 unspecified atom stereocenters. The van der Waals surface area contributed by atoms with Crippen molar-refractivity contribution in [2.75, 3.05) is 58.2 Å². The van der Waals surface area contributed by atoms with E-state index in [-0.39, 0.29) is 18.2 Å². The number of fused-ring (bicyclic) bond motifs is 1. The average Bonchev–Trinajstić information content (AvgIpc) is 3.16. The smallest absolute Gasteiger partial charge is 0.379 e. The Morgan fingerprint density at radius 2 is 1.82 bits per heavy atom. The van der Waals surface area contributed by atoms with E-state index >= 15 is 0 Å². The van der Waals surface area contributed by atoms with Gasteiger partial charge in [-0.15, -0.1) is 0 Å². The molecule has 188 valence electrons. The molecule has 0 bridgehead atoms. The number of hydrogen-bond donors (Lipinski definition) is 4. The van der Waals surface area contributed by atoms with Gasteiger partial charge in [0, 0.05) is 56.7 Å². The molecule has 3 fully saturated rings. The molecule has 34 heavy (non-hydrogen) atoms. The minimum Gasteiger partial charge on any atom is -0.379 e. The Morgan fingerprint density at radius 3 is 2.50 bits per heavy atom. The SMILES string of the molecule is C[C@@H]1CN(C2=NC3C(N4CCOCC4)NC(c4cnc(N)nc4)NC3N2CC(F)(F)F)CCN1. The van der Waals surface area contributed by atoms with Crippen LogP contribution in [0.2, 0.25) is 0 Å². The molecule has 5 rings (SSSR count). The summed E-state index contributed by atoms with van der Waals surface area (Å²) in [5.41, 5.74) is 6.34. The maximum atomic E-state index is 13.8. The highest BCUT2D eigenvalue weighted by molar-refractivity contribution is 5.83. The van der Waals surface area contributed by atoms with E-state index in [1.165, 1.54) is 4.90 Å². The van der Waals surface area contributed by atoms with Gasteiger partial charge in [-0.3, -0.25) is 15.5 Å². The van der Waals surface area contributed by atoms with Crippen LogP contribution in [-0.4, -0.2) is 114 Å². The van der Waals surface area contributed by atoms with E-state index in [0.29, 0.717) is 57.5 Å². The van der Waals surface area contributed by atoms with Crippen LogP contribution in [0, 0.1) is 0 Å². The molecule has 5 atom stereocenters. The van der Waals surface area contributed by atoms with Gasteiger partial charge < -0.3 is 25.6 Å². The molecule has 0 aromatic carbocycles. The molecular weight excluding hydrogens is 453 g/mol. The van der Waals surface area contributed by atoms with E-state index in [2.05, 4.69) is 30.8 Å². The van der Waals surface area contributed by atoms with Gasteiger partial charge >= 0.3 is 6.18 Å². The molecule has 4 aliphatic heterocycles. The molecule has 1 aromatic heterocycles. The molecule has 11 nitrogen and oxygen atoms in total. The van der Waals surface area contributed by atoms with Crippen molar-refractivity contribution in [3.63, 3.8) is 0 Å². The summed E-state index contributed by atoms with van der Waals surface area (Å²) >= 11 is 0. The minimum atomic E-state index is -4.38. The van der Waals surface area contributed by atoms with Crippen molar-refractivity contribution in [3.05, 3.63) is 18.0 Å². The number of nitrogens with zero attached hydrogens (tertiary/aromatic N) is 6. The largest absolute Gasteiger partial charge is 0.406 e. The lowest BCUT2D eigenvalue weighted by atomic mass is 10.0. The van der Waals surface area contributed by atoms with E-state index in [4.69, 9.17) is 15.5 Å². The number of nitrogens with two attached hydrogens (primary N) is 1. The van der Waals surface area contributed by atoms with Crippen LogP contribution in [0.1, 0.15) is 18.7 Å².